The van der Waals surface area contributed by atoms with Crippen molar-refractivity contribution in [2.24, 2.45) is 5.73 Å². The smallest absolute Gasteiger partial charge is 0.241 e. The van der Waals surface area contributed by atoms with Crippen molar-refractivity contribution in [3.63, 3.8) is 0 Å². The van der Waals surface area contributed by atoms with E-state index in [2.05, 4.69) is 20.9 Å². The normalized spacial score (nSPS) is 10.4. The topological polar surface area (TPSA) is 65.2 Å². The molecule has 2 N–H and O–H groups in total. The second-order valence-electron chi connectivity index (χ2n) is 2.49. The van der Waals surface area contributed by atoms with Crippen LogP contribution in [0.2, 0.25) is 0 Å². The van der Waals surface area contributed by atoms with E-state index in [0.29, 0.717) is 11.4 Å². The van der Waals surface area contributed by atoms with Crippen molar-refractivity contribution in [3.8, 4) is 5.88 Å². The molecule has 0 aliphatic rings. The quantitative estimate of drug-likeness (QED) is 0.831. The van der Waals surface area contributed by atoms with Gasteiger partial charge in [-0.3, -0.25) is 4.79 Å². The molecule has 1 aromatic rings. The van der Waals surface area contributed by atoms with Gasteiger partial charge in [-0.2, -0.15) is 0 Å². The van der Waals surface area contributed by atoms with Crippen LogP contribution in [0.25, 0.3) is 6.08 Å². The highest BCUT2D eigenvalue weighted by molar-refractivity contribution is 9.10. The molecule has 0 aliphatic carbocycles. The molecule has 0 aliphatic heterocycles. The van der Waals surface area contributed by atoms with Crippen LogP contribution in [0.1, 0.15) is 5.56 Å². The van der Waals surface area contributed by atoms with Gasteiger partial charge in [0.2, 0.25) is 11.8 Å². The van der Waals surface area contributed by atoms with Crippen molar-refractivity contribution in [2.75, 3.05) is 7.11 Å². The van der Waals surface area contributed by atoms with Crippen LogP contribution < -0.4 is 10.5 Å². The maximum Gasteiger partial charge on any atom is 0.241 e. The van der Waals surface area contributed by atoms with E-state index in [4.69, 9.17) is 10.5 Å². The Kier molecular flexibility index (Phi) is 3.64. The largest absolute Gasteiger partial charge is 0.481 e. The Morgan fingerprint density at radius 2 is 2.43 bits per heavy atom. The summed E-state index contributed by atoms with van der Waals surface area (Å²) in [6.07, 6.45) is 4.42. The van der Waals surface area contributed by atoms with Gasteiger partial charge in [-0.1, -0.05) is 0 Å². The Bertz CT molecular complexity index is 377. The van der Waals surface area contributed by atoms with E-state index in [9.17, 15) is 4.79 Å². The van der Waals surface area contributed by atoms with Crippen LogP contribution in [0.5, 0.6) is 5.88 Å². The number of pyridine rings is 1. The lowest BCUT2D eigenvalue weighted by Gasteiger charge is -2.02. The minimum atomic E-state index is -0.507. The number of nitrogens with two attached hydrogens (primary N) is 1. The summed E-state index contributed by atoms with van der Waals surface area (Å²) >= 11 is 3.26. The van der Waals surface area contributed by atoms with E-state index in [1.807, 2.05) is 0 Å². The third kappa shape index (κ3) is 2.85. The summed E-state index contributed by atoms with van der Waals surface area (Å²) in [7, 11) is 1.51. The zero-order valence-corrected chi connectivity index (χ0v) is 9.11. The molecule has 1 aromatic heterocycles. The summed E-state index contributed by atoms with van der Waals surface area (Å²) in [6.45, 7) is 0. The molecule has 0 radical (unpaired) electrons. The monoisotopic (exact) mass is 256 g/mol. The molecular weight excluding hydrogens is 248 g/mol. The third-order valence-corrected chi connectivity index (χ3v) is 1.90. The summed E-state index contributed by atoms with van der Waals surface area (Å²) in [5, 5.41) is 0. The van der Waals surface area contributed by atoms with Crippen molar-refractivity contribution in [3.05, 3.63) is 28.4 Å². The Hall–Kier alpha value is -1.36. The summed E-state index contributed by atoms with van der Waals surface area (Å²) in [6, 6.07) is 1.78. The van der Waals surface area contributed by atoms with Gasteiger partial charge >= 0.3 is 0 Å². The summed E-state index contributed by atoms with van der Waals surface area (Å²) in [5.74, 6) is -0.0577. The molecule has 0 unspecified atom stereocenters. The summed E-state index contributed by atoms with van der Waals surface area (Å²) < 4.78 is 5.81. The number of primary amides is 1. The molecule has 0 atom stereocenters. The molecule has 0 fully saturated rings. The third-order valence-electron chi connectivity index (χ3n) is 1.47. The van der Waals surface area contributed by atoms with Crippen LogP contribution in [0.3, 0.4) is 0 Å². The predicted molar refractivity (Wildman–Crippen MR) is 56.7 cm³/mol. The van der Waals surface area contributed by atoms with Crippen LogP contribution in [0.15, 0.2) is 22.8 Å². The number of methoxy groups -OCH3 is 1. The number of carbonyl (C=O) groups is 1. The van der Waals surface area contributed by atoms with Crippen LogP contribution >= 0.6 is 15.9 Å². The Morgan fingerprint density at radius 1 is 1.71 bits per heavy atom. The highest BCUT2D eigenvalue weighted by Gasteiger charge is 2.01. The fourth-order valence-electron chi connectivity index (χ4n) is 0.904. The molecule has 1 amide bonds. The molecule has 1 rings (SSSR count). The number of halogens is 1. The van der Waals surface area contributed by atoms with E-state index >= 15 is 0 Å². The first-order valence-corrected chi connectivity index (χ1v) is 4.60. The number of ether oxygens (including phenoxy) is 1. The fraction of sp³-hybridized carbons (Fsp3) is 0.111. The molecule has 0 saturated heterocycles. The average Bonchev–Trinajstić information content (AvgIpc) is 2.15. The number of hydrogen-bond donors (Lipinski definition) is 1. The van der Waals surface area contributed by atoms with Crippen molar-refractivity contribution < 1.29 is 9.53 Å². The van der Waals surface area contributed by atoms with E-state index < -0.39 is 5.91 Å². The Labute approximate surface area is 89.9 Å². The maximum atomic E-state index is 10.5. The van der Waals surface area contributed by atoms with Gasteiger partial charge in [0, 0.05) is 22.3 Å². The molecule has 0 aromatic carbocycles. The van der Waals surface area contributed by atoms with Crippen LogP contribution in [-0.2, 0) is 4.79 Å². The SMILES string of the molecule is COc1ncc(Br)cc1/C=C/C(N)=O. The van der Waals surface area contributed by atoms with Gasteiger partial charge in [-0.25, -0.2) is 4.98 Å². The fourth-order valence-corrected chi connectivity index (χ4v) is 1.25. The summed E-state index contributed by atoms with van der Waals surface area (Å²) in [4.78, 5) is 14.5. The van der Waals surface area contributed by atoms with Crippen LogP contribution in [0, 0.1) is 0 Å². The Morgan fingerprint density at radius 3 is 3.00 bits per heavy atom. The van der Waals surface area contributed by atoms with Crippen molar-refractivity contribution in [1.82, 2.24) is 4.98 Å². The van der Waals surface area contributed by atoms with E-state index in [0.717, 1.165) is 4.47 Å². The van der Waals surface area contributed by atoms with Gasteiger partial charge in [0.25, 0.3) is 0 Å². The first-order valence-electron chi connectivity index (χ1n) is 3.80. The number of amides is 1. The van der Waals surface area contributed by atoms with E-state index in [1.165, 1.54) is 13.2 Å². The highest BCUT2D eigenvalue weighted by Crippen LogP contribution is 2.20. The van der Waals surface area contributed by atoms with E-state index in [1.54, 1.807) is 18.3 Å². The highest BCUT2D eigenvalue weighted by atomic mass is 79.9. The number of carbonyl (C=O) groups excluding carboxylic acids is 1. The summed E-state index contributed by atoms with van der Waals surface area (Å²) in [5.41, 5.74) is 5.67. The van der Waals surface area contributed by atoms with Gasteiger partial charge < -0.3 is 10.5 Å². The average molecular weight is 257 g/mol. The lowest BCUT2D eigenvalue weighted by atomic mass is 10.2. The second kappa shape index (κ2) is 4.76. The lowest BCUT2D eigenvalue weighted by Crippen LogP contribution is -2.05. The van der Waals surface area contributed by atoms with Gasteiger partial charge in [0.15, 0.2) is 0 Å². The van der Waals surface area contributed by atoms with Gasteiger partial charge in [0.1, 0.15) is 0 Å². The number of hydrogen-bond acceptors (Lipinski definition) is 3. The first-order chi connectivity index (χ1) is 6.63. The zero-order valence-electron chi connectivity index (χ0n) is 7.53. The molecule has 14 heavy (non-hydrogen) atoms. The molecule has 4 nitrogen and oxygen atoms in total. The molecule has 5 heteroatoms. The molecule has 0 saturated carbocycles. The molecular formula is C9H9BrN2O2. The molecule has 0 bridgehead atoms. The number of aromatic nitrogens is 1. The molecule has 0 spiro atoms. The van der Waals surface area contributed by atoms with Gasteiger partial charge in [-0.05, 0) is 28.1 Å². The lowest BCUT2D eigenvalue weighted by molar-refractivity contribution is -0.113. The van der Waals surface area contributed by atoms with Crippen LogP contribution in [-0.4, -0.2) is 18.0 Å². The number of nitrogens with zero attached hydrogens (tertiary/aromatic N) is 1. The van der Waals surface area contributed by atoms with Crippen molar-refractivity contribution >= 4 is 27.9 Å². The minimum Gasteiger partial charge on any atom is -0.481 e. The van der Waals surface area contributed by atoms with E-state index in [-0.39, 0.29) is 0 Å². The number of rotatable bonds is 3. The zero-order chi connectivity index (χ0) is 10.6. The van der Waals surface area contributed by atoms with Crippen molar-refractivity contribution in [1.29, 1.82) is 0 Å². The van der Waals surface area contributed by atoms with Crippen molar-refractivity contribution in [2.45, 2.75) is 0 Å². The molecule has 1 heterocycles. The maximum absolute atomic E-state index is 10.5. The van der Waals surface area contributed by atoms with Crippen LogP contribution in [0.4, 0.5) is 0 Å². The predicted octanol–water partition coefficient (Wildman–Crippen LogP) is 1.35. The minimum absolute atomic E-state index is 0.450. The Balaban J connectivity index is 3.04. The molecule has 74 valence electrons. The standard InChI is InChI=1S/C9H9BrN2O2/c1-14-9-6(2-3-8(11)13)4-7(10)5-12-9/h2-5H,1H3,(H2,11,13)/b3-2+. The first kappa shape index (κ1) is 10.7. The van der Waals surface area contributed by atoms with Gasteiger partial charge in [0.05, 0.1) is 7.11 Å². The van der Waals surface area contributed by atoms with Gasteiger partial charge in [-0.15, -0.1) is 0 Å². The second-order valence-corrected chi connectivity index (χ2v) is 3.40.